The molecule has 26 heavy (non-hydrogen) atoms. The van der Waals surface area contributed by atoms with E-state index in [9.17, 15) is 14.7 Å². The second-order valence-corrected chi connectivity index (χ2v) is 6.59. The van der Waals surface area contributed by atoms with Crippen LogP contribution in [0.5, 0.6) is 0 Å². The molecule has 3 aromatic rings. The van der Waals surface area contributed by atoms with Gasteiger partial charge in [0.05, 0.1) is 0 Å². The van der Waals surface area contributed by atoms with Gasteiger partial charge in [-0.2, -0.15) is 0 Å². The van der Waals surface area contributed by atoms with Crippen LogP contribution in [0.1, 0.15) is 29.3 Å². The second-order valence-electron chi connectivity index (χ2n) is 6.59. The summed E-state index contributed by atoms with van der Waals surface area (Å²) in [5.41, 5.74) is 3.54. The number of carbonyl (C=O) groups is 2. The molecule has 1 amide bonds. The number of carboxylic acid groups (broad SMARTS) is 1. The molecule has 1 N–H and O–H groups in total. The van der Waals surface area contributed by atoms with Gasteiger partial charge in [-0.05, 0) is 39.9 Å². The van der Waals surface area contributed by atoms with Crippen molar-refractivity contribution in [1.82, 2.24) is 4.90 Å². The van der Waals surface area contributed by atoms with Crippen molar-refractivity contribution in [1.29, 1.82) is 0 Å². The molecule has 0 aromatic heterocycles. The first-order valence-corrected chi connectivity index (χ1v) is 8.75. The van der Waals surface area contributed by atoms with E-state index < -0.39 is 12.0 Å². The Morgan fingerprint density at radius 1 is 1.08 bits per heavy atom. The molecule has 1 aliphatic heterocycles. The summed E-state index contributed by atoms with van der Waals surface area (Å²) >= 11 is 0. The van der Waals surface area contributed by atoms with Crippen molar-refractivity contribution in [2.75, 3.05) is 0 Å². The molecule has 0 saturated heterocycles. The minimum Gasteiger partial charge on any atom is -0.480 e. The van der Waals surface area contributed by atoms with Gasteiger partial charge in [0, 0.05) is 12.1 Å². The maximum absolute atomic E-state index is 12.8. The third-order valence-electron chi connectivity index (χ3n) is 5.09. The van der Waals surface area contributed by atoms with Gasteiger partial charge < -0.3 is 10.0 Å². The molecule has 0 fully saturated rings. The highest BCUT2D eigenvalue weighted by Gasteiger charge is 2.35. The predicted molar refractivity (Wildman–Crippen MR) is 101 cm³/mol. The Hall–Kier alpha value is -3.14. The van der Waals surface area contributed by atoms with Crippen molar-refractivity contribution in [3.05, 3.63) is 71.8 Å². The highest BCUT2D eigenvalue weighted by atomic mass is 16.4. The third-order valence-corrected chi connectivity index (χ3v) is 5.09. The molecule has 0 radical (unpaired) electrons. The maximum atomic E-state index is 12.8. The number of nitrogens with zero attached hydrogens (tertiary/aromatic N) is 1. The number of hydrogen-bond donors (Lipinski definition) is 1. The molecule has 0 spiro atoms. The van der Waals surface area contributed by atoms with Gasteiger partial charge in [-0.1, -0.05) is 61.5 Å². The molecule has 4 heteroatoms. The van der Waals surface area contributed by atoms with Gasteiger partial charge in [0.25, 0.3) is 5.91 Å². The van der Waals surface area contributed by atoms with Crippen molar-refractivity contribution in [2.24, 2.45) is 0 Å². The Kier molecular flexibility index (Phi) is 3.96. The van der Waals surface area contributed by atoms with E-state index in [-0.39, 0.29) is 5.91 Å². The number of carboxylic acids is 1. The zero-order chi connectivity index (χ0) is 18.3. The van der Waals surface area contributed by atoms with E-state index in [1.165, 1.54) is 4.90 Å². The van der Waals surface area contributed by atoms with E-state index in [4.69, 9.17) is 0 Å². The van der Waals surface area contributed by atoms with Crippen LogP contribution in [0.3, 0.4) is 0 Å². The minimum atomic E-state index is -0.956. The van der Waals surface area contributed by atoms with Gasteiger partial charge in [-0.15, -0.1) is 0 Å². The molecule has 1 heterocycles. The van der Waals surface area contributed by atoms with Crippen molar-refractivity contribution in [3.63, 3.8) is 0 Å². The average molecular weight is 345 g/mol. The number of hydrogen-bond acceptors (Lipinski definition) is 2. The number of fused-ring (bicyclic) bond motifs is 2. The van der Waals surface area contributed by atoms with Crippen LogP contribution in [0.4, 0.5) is 0 Å². The van der Waals surface area contributed by atoms with Crippen LogP contribution in [0.25, 0.3) is 21.9 Å². The van der Waals surface area contributed by atoms with E-state index >= 15 is 0 Å². The van der Waals surface area contributed by atoms with Gasteiger partial charge in [0.2, 0.25) is 0 Å². The lowest BCUT2D eigenvalue weighted by molar-refractivity contribution is -0.142. The largest absolute Gasteiger partial charge is 0.480 e. The fraction of sp³-hybridized carbons (Fsp3) is 0.182. The van der Waals surface area contributed by atoms with Crippen molar-refractivity contribution in [3.8, 4) is 11.1 Å². The van der Waals surface area contributed by atoms with Crippen LogP contribution in [0, 0.1) is 0 Å². The monoisotopic (exact) mass is 345 g/mol. The topological polar surface area (TPSA) is 57.6 Å². The number of amides is 1. The molecule has 1 atom stereocenters. The normalized spacial score (nSPS) is 14.5. The SMILES string of the molecule is CCC(C(=O)O)N1Cc2ccc(-c3cccc4ccccc34)cc2C1=O. The van der Waals surface area contributed by atoms with Crippen LogP contribution in [-0.2, 0) is 11.3 Å². The molecular formula is C22H19NO3. The van der Waals surface area contributed by atoms with Gasteiger partial charge in [0.1, 0.15) is 6.04 Å². The van der Waals surface area contributed by atoms with Crippen LogP contribution in [0.15, 0.2) is 60.7 Å². The fourth-order valence-electron chi connectivity index (χ4n) is 3.75. The summed E-state index contributed by atoms with van der Waals surface area (Å²) in [5, 5.41) is 11.7. The number of carbonyl (C=O) groups excluding carboxylic acids is 1. The summed E-state index contributed by atoms with van der Waals surface area (Å²) in [4.78, 5) is 25.7. The number of aliphatic carboxylic acids is 1. The van der Waals surface area contributed by atoms with E-state index in [0.29, 0.717) is 18.5 Å². The second kappa shape index (κ2) is 6.30. The molecule has 130 valence electrons. The number of rotatable bonds is 4. The lowest BCUT2D eigenvalue weighted by Gasteiger charge is -2.22. The van der Waals surface area contributed by atoms with Crippen molar-refractivity contribution < 1.29 is 14.7 Å². The average Bonchev–Trinajstić information content (AvgIpc) is 2.97. The Balaban J connectivity index is 1.77. The van der Waals surface area contributed by atoms with Gasteiger partial charge in [0.15, 0.2) is 0 Å². The van der Waals surface area contributed by atoms with Crippen molar-refractivity contribution >= 4 is 22.6 Å². The molecule has 3 aromatic carbocycles. The Bertz CT molecular complexity index is 1020. The van der Waals surface area contributed by atoms with Gasteiger partial charge >= 0.3 is 5.97 Å². The van der Waals surface area contributed by atoms with E-state index in [1.54, 1.807) is 6.92 Å². The molecule has 1 unspecified atom stereocenters. The summed E-state index contributed by atoms with van der Waals surface area (Å²) in [6.45, 7) is 2.14. The summed E-state index contributed by atoms with van der Waals surface area (Å²) in [7, 11) is 0. The highest BCUT2D eigenvalue weighted by Crippen LogP contribution is 2.33. The fourth-order valence-corrected chi connectivity index (χ4v) is 3.75. The first-order valence-electron chi connectivity index (χ1n) is 8.75. The lowest BCUT2D eigenvalue weighted by Crippen LogP contribution is -2.40. The molecule has 4 rings (SSSR count). The highest BCUT2D eigenvalue weighted by molar-refractivity contribution is 6.03. The molecule has 0 aliphatic carbocycles. The Morgan fingerprint density at radius 2 is 1.85 bits per heavy atom. The first kappa shape index (κ1) is 16.3. The maximum Gasteiger partial charge on any atom is 0.326 e. The Morgan fingerprint density at radius 3 is 2.62 bits per heavy atom. The van der Waals surface area contributed by atoms with Gasteiger partial charge in [-0.3, -0.25) is 4.79 Å². The predicted octanol–water partition coefficient (Wildman–Crippen LogP) is 4.33. The standard InChI is InChI=1S/C22H19NO3/c1-2-20(22(25)26)23-13-16-11-10-15(12-19(16)21(23)24)18-9-5-7-14-6-3-4-8-17(14)18/h3-12,20H,2,13H2,1H3,(H,25,26). The Labute approximate surface area is 151 Å². The molecule has 1 aliphatic rings. The van der Waals surface area contributed by atoms with Crippen LogP contribution >= 0.6 is 0 Å². The quantitative estimate of drug-likeness (QED) is 0.766. The molecular weight excluding hydrogens is 326 g/mol. The zero-order valence-corrected chi connectivity index (χ0v) is 14.5. The van der Waals surface area contributed by atoms with Crippen LogP contribution in [0.2, 0.25) is 0 Å². The summed E-state index contributed by atoms with van der Waals surface area (Å²) in [5.74, 6) is -1.15. The van der Waals surface area contributed by atoms with Crippen LogP contribution < -0.4 is 0 Å². The molecule has 0 bridgehead atoms. The van der Waals surface area contributed by atoms with Crippen molar-refractivity contribution in [2.45, 2.75) is 25.9 Å². The summed E-state index contributed by atoms with van der Waals surface area (Å²) < 4.78 is 0. The van der Waals surface area contributed by atoms with Gasteiger partial charge in [-0.25, -0.2) is 4.79 Å². The molecule has 0 saturated carbocycles. The smallest absolute Gasteiger partial charge is 0.326 e. The van der Waals surface area contributed by atoms with E-state index in [2.05, 4.69) is 18.2 Å². The zero-order valence-electron chi connectivity index (χ0n) is 14.5. The lowest BCUT2D eigenvalue weighted by atomic mass is 9.96. The summed E-state index contributed by atoms with van der Waals surface area (Å²) in [6, 6.07) is 19.4. The molecule has 4 nitrogen and oxygen atoms in total. The number of benzene rings is 3. The first-order chi connectivity index (χ1) is 12.6. The van der Waals surface area contributed by atoms with Crippen LogP contribution in [-0.4, -0.2) is 27.9 Å². The summed E-state index contributed by atoms with van der Waals surface area (Å²) in [6.07, 6.45) is 0.394. The third kappa shape index (κ3) is 2.54. The van der Waals surface area contributed by atoms with E-state index in [0.717, 1.165) is 27.5 Å². The minimum absolute atomic E-state index is 0.198. The van der Waals surface area contributed by atoms with E-state index in [1.807, 2.05) is 42.5 Å².